The van der Waals surface area contributed by atoms with E-state index in [1.807, 2.05) is 43.3 Å². The van der Waals surface area contributed by atoms with Crippen LogP contribution in [0.15, 0.2) is 35.5 Å². The number of sulfone groups is 1. The number of nitrogens with zero attached hydrogens (tertiary/aromatic N) is 1. The van der Waals surface area contributed by atoms with Gasteiger partial charge in [-0.15, -0.1) is 0 Å². The molecule has 2 N–H and O–H groups in total. The third kappa shape index (κ3) is 4.08. The van der Waals surface area contributed by atoms with Gasteiger partial charge in [-0.1, -0.05) is 41.6 Å². The number of amides is 1. The predicted octanol–water partition coefficient (Wildman–Crippen LogP) is 1.91. The van der Waals surface area contributed by atoms with Crippen LogP contribution < -0.4 is 5.48 Å². The molecular formula is C17H22N2O5S. The first-order valence-electron chi connectivity index (χ1n) is 7.81. The molecule has 0 saturated carbocycles. The molecule has 1 heterocycles. The summed E-state index contributed by atoms with van der Waals surface area (Å²) in [6.07, 6.45) is 4.58. The maximum Gasteiger partial charge on any atom is 0.264 e. The van der Waals surface area contributed by atoms with Gasteiger partial charge in [0.1, 0.15) is 6.10 Å². The molecule has 0 radical (unpaired) electrons. The first-order chi connectivity index (χ1) is 11.7. The van der Waals surface area contributed by atoms with Gasteiger partial charge in [-0.05, 0) is 25.0 Å². The minimum absolute atomic E-state index is 0.109. The molecule has 1 unspecified atom stereocenters. The van der Waals surface area contributed by atoms with Crippen molar-refractivity contribution in [3.8, 4) is 0 Å². The van der Waals surface area contributed by atoms with Crippen LogP contribution in [0.1, 0.15) is 37.8 Å². The molecule has 2 rings (SSSR count). The molecule has 0 aromatic heterocycles. The lowest BCUT2D eigenvalue weighted by molar-refractivity contribution is -0.132. The van der Waals surface area contributed by atoms with Crippen molar-refractivity contribution < 1.29 is 23.3 Å². The Morgan fingerprint density at radius 1 is 1.44 bits per heavy atom. The summed E-state index contributed by atoms with van der Waals surface area (Å²) in [7, 11) is -3.77. The molecular weight excluding hydrogens is 344 g/mol. The summed E-state index contributed by atoms with van der Waals surface area (Å²) in [5.74, 6) is -0.984. The number of rotatable bonds is 6. The summed E-state index contributed by atoms with van der Waals surface area (Å²) in [5, 5.41) is 12.9. The fourth-order valence-electron chi connectivity index (χ4n) is 2.65. The molecule has 0 fully saturated rings. The summed E-state index contributed by atoms with van der Waals surface area (Å²) < 4.78 is 22.2. The van der Waals surface area contributed by atoms with Crippen LogP contribution in [0.4, 0.5) is 0 Å². The van der Waals surface area contributed by atoms with Gasteiger partial charge in [0.15, 0.2) is 14.6 Å². The van der Waals surface area contributed by atoms with Crippen molar-refractivity contribution in [1.82, 2.24) is 5.48 Å². The van der Waals surface area contributed by atoms with Gasteiger partial charge < -0.3 is 4.84 Å². The van der Waals surface area contributed by atoms with Gasteiger partial charge in [0, 0.05) is 19.1 Å². The van der Waals surface area contributed by atoms with Crippen molar-refractivity contribution in [2.24, 2.45) is 5.16 Å². The van der Waals surface area contributed by atoms with Gasteiger partial charge in [-0.25, -0.2) is 13.9 Å². The first-order valence-corrected chi connectivity index (χ1v) is 9.70. The zero-order valence-corrected chi connectivity index (χ0v) is 15.2. The van der Waals surface area contributed by atoms with Crippen LogP contribution in [0.25, 0.3) is 6.08 Å². The minimum Gasteiger partial charge on any atom is -0.392 e. The highest BCUT2D eigenvalue weighted by molar-refractivity contribution is 7.92. The highest BCUT2D eigenvalue weighted by Gasteiger charge is 2.47. The number of carbonyl (C=O) groups is 1. The van der Waals surface area contributed by atoms with Crippen LogP contribution in [-0.2, 0) is 19.5 Å². The monoisotopic (exact) mass is 366 g/mol. The molecule has 0 bridgehead atoms. The number of benzene rings is 1. The molecule has 0 saturated heterocycles. The first kappa shape index (κ1) is 19.1. The summed E-state index contributed by atoms with van der Waals surface area (Å²) in [4.78, 5) is 17.2. The summed E-state index contributed by atoms with van der Waals surface area (Å²) in [5.41, 5.74) is 4.06. The number of oxime groups is 1. The summed E-state index contributed by atoms with van der Waals surface area (Å²) in [6.45, 7) is 3.20. The maximum absolute atomic E-state index is 12.0. The molecule has 1 aliphatic rings. The van der Waals surface area contributed by atoms with Crippen LogP contribution in [0.5, 0.6) is 0 Å². The average molecular weight is 366 g/mol. The molecule has 1 amide bonds. The largest absolute Gasteiger partial charge is 0.392 e. The number of hydroxylamine groups is 1. The molecule has 1 aliphatic heterocycles. The van der Waals surface area contributed by atoms with Crippen LogP contribution >= 0.6 is 0 Å². The van der Waals surface area contributed by atoms with E-state index in [9.17, 15) is 13.2 Å². The zero-order valence-electron chi connectivity index (χ0n) is 14.4. The summed E-state index contributed by atoms with van der Waals surface area (Å²) in [6, 6.07) is 7.72. The Hall–Kier alpha value is -2.19. The molecule has 2 atom stereocenters. The molecule has 25 heavy (non-hydrogen) atoms. The molecule has 7 nitrogen and oxygen atoms in total. The van der Waals surface area contributed by atoms with Crippen LogP contribution in [-0.4, -0.2) is 42.4 Å². The third-order valence-corrected chi connectivity index (χ3v) is 6.34. The Balaban J connectivity index is 2.12. The molecule has 136 valence electrons. The minimum atomic E-state index is -3.77. The molecule has 0 aliphatic carbocycles. The Morgan fingerprint density at radius 2 is 2.08 bits per heavy atom. The fraction of sp³-hybridized carbons (Fsp3) is 0.412. The highest BCUT2D eigenvalue weighted by atomic mass is 32.2. The Kier molecular flexibility index (Phi) is 5.64. The maximum atomic E-state index is 12.0. The smallest absolute Gasteiger partial charge is 0.264 e. The highest BCUT2D eigenvalue weighted by Crippen LogP contribution is 2.29. The van der Waals surface area contributed by atoms with Crippen molar-refractivity contribution in [3.05, 3.63) is 41.5 Å². The number of hydrogen-bond donors (Lipinski definition) is 2. The van der Waals surface area contributed by atoms with Crippen LogP contribution in [0.3, 0.4) is 0 Å². The van der Waals surface area contributed by atoms with E-state index >= 15 is 0 Å². The third-order valence-electron chi connectivity index (χ3n) is 4.35. The lowest BCUT2D eigenvalue weighted by atomic mass is 9.96. The van der Waals surface area contributed by atoms with E-state index in [0.29, 0.717) is 12.1 Å². The topological polar surface area (TPSA) is 105 Å². The number of carbonyl (C=O) groups excluding carboxylic acids is 1. The number of allylic oxidation sites excluding steroid dienone is 1. The number of nitrogens with one attached hydrogen (secondary N) is 1. The van der Waals surface area contributed by atoms with E-state index < -0.39 is 26.6 Å². The summed E-state index contributed by atoms with van der Waals surface area (Å²) >= 11 is 0. The average Bonchev–Trinajstić information content (AvgIpc) is 3.02. The number of hydrogen-bond acceptors (Lipinski definition) is 6. The van der Waals surface area contributed by atoms with E-state index in [4.69, 9.17) is 10.0 Å². The zero-order chi connectivity index (χ0) is 18.7. The molecule has 1 aromatic rings. The van der Waals surface area contributed by atoms with E-state index in [2.05, 4.69) is 5.16 Å². The van der Waals surface area contributed by atoms with Gasteiger partial charge in [0.05, 0.1) is 5.71 Å². The van der Waals surface area contributed by atoms with Crippen LogP contribution in [0.2, 0.25) is 0 Å². The van der Waals surface area contributed by atoms with E-state index in [0.717, 1.165) is 17.4 Å². The molecule has 1 aromatic carbocycles. The fourth-order valence-corrected chi connectivity index (χ4v) is 3.52. The second kappa shape index (κ2) is 7.37. The standard InChI is InChI=1S/C17H22N2O5S/c1-4-5-12-6-8-13(9-7-12)15-10-14(24-19-15)11-17(2,16(20)18-21)25(3,22)23/h4-9,14,21H,10-11H2,1-3H3,(H,18,20)/b5-4+/t14-,17?/m1/s1. The lowest BCUT2D eigenvalue weighted by Gasteiger charge is -2.26. The Bertz CT molecular complexity index is 799. The lowest BCUT2D eigenvalue weighted by Crippen LogP contribution is -2.51. The Labute approximate surface area is 147 Å². The SMILES string of the molecule is C/C=C/c1ccc(C2=NO[C@@H](CC(C)(C(=O)NO)S(C)(=O)=O)C2)cc1. The normalized spacial score (nSPS) is 20.0. The second-order valence-electron chi connectivity index (χ2n) is 6.24. The predicted molar refractivity (Wildman–Crippen MR) is 95.0 cm³/mol. The van der Waals surface area contributed by atoms with Crippen molar-refractivity contribution in [2.45, 2.75) is 37.5 Å². The second-order valence-corrected chi connectivity index (χ2v) is 8.68. The quantitative estimate of drug-likeness (QED) is 0.591. The van der Waals surface area contributed by atoms with Crippen molar-refractivity contribution in [1.29, 1.82) is 0 Å². The molecule has 0 spiro atoms. The van der Waals surface area contributed by atoms with Crippen molar-refractivity contribution in [3.63, 3.8) is 0 Å². The van der Waals surface area contributed by atoms with Crippen molar-refractivity contribution >= 4 is 27.5 Å². The van der Waals surface area contributed by atoms with E-state index in [-0.39, 0.29) is 6.42 Å². The van der Waals surface area contributed by atoms with E-state index in [1.54, 1.807) is 0 Å². The van der Waals surface area contributed by atoms with Gasteiger partial charge in [0.25, 0.3) is 5.91 Å². The van der Waals surface area contributed by atoms with E-state index in [1.165, 1.54) is 12.4 Å². The van der Waals surface area contributed by atoms with Gasteiger partial charge in [-0.3, -0.25) is 10.0 Å². The Morgan fingerprint density at radius 3 is 2.60 bits per heavy atom. The van der Waals surface area contributed by atoms with Gasteiger partial charge in [0.2, 0.25) is 0 Å². The van der Waals surface area contributed by atoms with Crippen molar-refractivity contribution in [2.75, 3.05) is 6.26 Å². The molecule has 8 heteroatoms. The van der Waals surface area contributed by atoms with Crippen LogP contribution in [0, 0.1) is 0 Å². The van der Waals surface area contributed by atoms with Gasteiger partial charge in [-0.2, -0.15) is 0 Å². The van der Waals surface area contributed by atoms with Gasteiger partial charge >= 0.3 is 0 Å².